The maximum Gasteiger partial charge on any atom is 0.306 e. The molecule has 1 aromatic heterocycles. The first-order valence-corrected chi connectivity index (χ1v) is 16.0. The molecule has 42 heavy (non-hydrogen) atoms. The van der Waals surface area contributed by atoms with Gasteiger partial charge >= 0.3 is 5.97 Å². The Balaban J connectivity index is 0.000000155. The Morgan fingerprint density at radius 2 is 1.74 bits per heavy atom. The SMILES string of the molecule is C=C(C)c1ccc2nc(C)sc2c1.C=C(O)C12CC(C)(C1)C2.CC1=CCC(C(=O)O)CC1.CC1CCC(OC=O)CC1. The summed E-state index contributed by atoms with van der Waals surface area (Å²) in [5, 5.41) is 18.8. The van der Waals surface area contributed by atoms with Crippen LogP contribution < -0.4 is 0 Å². The van der Waals surface area contributed by atoms with E-state index < -0.39 is 5.97 Å². The molecule has 7 rings (SSSR count). The molecule has 2 N–H and O–H groups in total. The Hall–Kier alpha value is -2.93. The van der Waals surface area contributed by atoms with E-state index in [9.17, 15) is 9.59 Å². The number of hydrogen-bond donors (Lipinski definition) is 2. The molecular formula is C35H49NO5S. The number of carbonyl (C=O) groups excluding carboxylic acids is 1. The summed E-state index contributed by atoms with van der Waals surface area (Å²) in [6.07, 6.45) is 12.8. The van der Waals surface area contributed by atoms with Gasteiger partial charge in [0.1, 0.15) is 6.10 Å². The summed E-state index contributed by atoms with van der Waals surface area (Å²) in [5.41, 5.74) is 5.51. The van der Waals surface area contributed by atoms with Gasteiger partial charge in [0.05, 0.1) is 26.9 Å². The maximum atomic E-state index is 10.4. The van der Waals surface area contributed by atoms with Crippen molar-refractivity contribution in [2.24, 2.45) is 22.7 Å². The van der Waals surface area contributed by atoms with Crippen LogP contribution in [-0.2, 0) is 14.3 Å². The number of aliphatic carboxylic acids is 1. The minimum atomic E-state index is -0.649. The summed E-state index contributed by atoms with van der Waals surface area (Å²) in [4.78, 5) is 24.8. The topological polar surface area (TPSA) is 96.7 Å². The fourth-order valence-corrected chi connectivity index (χ4v) is 7.41. The van der Waals surface area contributed by atoms with E-state index >= 15 is 0 Å². The van der Waals surface area contributed by atoms with Gasteiger partial charge in [0.15, 0.2) is 0 Å². The summed E-state index contributed by atoms with van der Waals surface area (Å²) in [7, 11) is 0. The second-order valence-electron chi connectivity index (χ2n) is 13.2. The van der Waals surface area contributed by atoms with Gasteiger partial charge in [0.2, 0.25) is 0 Å². The summed E-state index contributed by atoms with van der Waals surface area (Å²) in [6, 6.07) is 6.29. The van der Waals surface area contributed by atoms with Crippen LogP contribution in [-0.4, -0.2) is 33.7 Å². The average Bonchev–Trinajstić information content (AvgIpc) is 3.28. The van der Waals surface area contributed by atoms with Crippen molar-refractivity contribution in [1.82, 2.24) is 4.98 Å². The lowest BCUT2D eigenvalue weighted by atomic mass is 9.35. The number of thiazole rings is 1. The van der Waals surface area contributed by atoms with Crippen molar-refractivity contribution in [3.8, 4) is 0 Å². The number of aliphatic hydroxyl groups excluding tert-OH is 1. The monoisotopic (exact) mass is 595 g/mol. The zero-order valence-corrected chi connectivity index (χ0v) is 26.9. The van der Waals surface area contributed by atoms with Gasteiger partial charge in [-0.2, -0.15) is 0 Å². The Labute approximate surface area is 255 Å². The van der Waals surface area contributed by atoms with E-state index in [1.165, 1.54) is 47.9 Å². The molecule has 4 fully saturated rings. The van der Waals surface area contributed by atoms with Crippen LogP contribution >= 0.6 is 11.3 Å². The number of ether oxygens (including phenoxy) is 1. The molecule has 230 valence electrons. The van der Waals surface area contributed by atoms with Crippen LogP contribution in [0, 0.1) is 29.6 Å². The van der Waals surface area contributed by atoms with Gasteiger partial charge in [-0.3, -0.25) is 9.59 Å². The third-order valence-corrected chi connectivity index (χ3v) is 10.0. The van der Waals surface area contributed by atoms with Crippen molar-refractivity contribution in [2.45, 2.75) is 105 Å². The third kappa shape index (κ3) is 9.03. The quantitative estimate of drug-likeness (QED) is 0.203. The Kier molecular flexibility index (Phi) is 11.6. The third-order valence-electron chi connectivity index (χ3n) is 9.09. The highest BCUT2D eigenvalue weighted by atomic mass is 32.1. The van der Waals surface area contributed by atoms with Crippen LogP contribution in [0.4, 0.5) is 0 Å². The van der Waals surface area contributed by atoms with E-state index in [0.717, 1.165) is 54.1 Å². The number of hydrogen-bond acceptors (Lipinski definition) is 6. The normalized spacial score (nSPS) is 28.8. The summed E-state index contributed by atoms with van der Waals surface area (Å²) >= 11 is 1.73. The van der Waals surface area contributed by atoms with E-state index in [1.807, 2.05) is 19.9 Å². The highest BCUT2D eigenvalue weighted by molar-refractivity contribution is 7.18. The zero-order valence-electron chi connectivity index (χ0n) is 26.1. The number of carboxylic acids is 1. The maximum absolute atomic E-state index is 10.4. The minimum Gasteiger partial charge on any atom is -0.512 e. The largest absolute Gasteiger partial charge is 0.512 e. The van der Waals surface area contributed by atoms with Crippen LogP contribution in [0.15, 0.2) is 48.8 Å². The van der Waals surface area contributed by atoms with Crippen LogP contribution in [0.5, 0.6) is 0 Å². The fraction of sp³-hybridized carbons (Fsp3) is 0.571. The molecule has 1 aromatic carbocycles. The first-order valence-electron chi connectivity index (χ1n) is 15.1. The predicted octanol–water partition coefficient (Wildman–Crippen LogP) is 9.44. The van der Waals surface area contributed by atoms with Gasteiger partial charge in [0, 0.05) is 5.41 Å². The molecule has 0 radical (unpaired) electrons. The van der Waals surface area contributed by atoms with Crippen molar-refractivity contribution >= 4 is 39.6 Å². The minimum absolute atomic E-state index is 0.122. The van der Waals surface area contributed by atoms with Crippen molar-refractivity contribution in [2.75, 3.05) is 0 Å². The number of nitrogens with zero attached hydrogens (tertiary/aromatic N) is 1. The van der Waals surface area contributed by atoms with Gasteiger partial charge in [-0.25, -0.2) is 4.98 Å². The van der Waals surface area contributed by atoms with E-state index in [2.05, 4.69) is 57.1 Å². The van der Waals surface area contributed by atoms with Gasteiger partial charge < -0.3 is 14.9 Å². The van der Waals surface area contributed by atoms with Crippen LogP contribution in [0.25, 0.3) is 15.8 Å². The second kappa shape index (κ2) is 14.5. The van der Waals surface area contributed by atoms with Crippen LogP contribution in [0.2, 0.25) is 0 Å². The Morgan fingerprint density at radius 1 is 1.10 bits per heavy atom. The number of benzene rings is 1. The Bertz CT molecular complexity index is 1280. The van der Waals surface area contributed by atoms with Gasteiger partial charge in [-0.1, -0.05) is 50.3 Å². The molecule has 1 heterocycles. The molecular weight excluding hydrogens is 546 g/mol. The number of carbonyl (C=O) groups is 2. The molecule has 2 aromatic rings. The zero-order chi connectivity index (χ0) is 31.1. The van der Waals surface area contributed by atoms with E-state index in [-0.39, 0.29) is 17.4 Å². The smallest absolute Gasteiger partial charge is 0.306 e. The standard InChI is InChI=1S/C11H11NS.C8H14O2.C8H12O2.C8H12O/c1-7(2)9-4-5-10-11(6-9)13-8(3)12-10;1-7-2-4-8(5-3-7)10-6-9;1-6-2-4-7(5-3-6)8(9)10;1-6(9)8-3-7(2,4-8)5-8/h4-6H,1H2,2-3H3;6-8H,2-5H2,1H3;2,7H,3-5H2,1H3,(H,9,10);9H,1,3-5H2,2H3. The highest BCUT2D eigenvalue weighted by Crippen LogP contribution is 2.75. The van der Waals surface area contributed by atoms with Crippen molar-refractivity contribution in [3.63, 3.8) is 0 Å². The Morgan fingerprint density at radius 3 is 2.19 bits per heavy atom. The molecule has 0 spiro atoms. The average molecular weight is 596 g/mol. The number of aryl methyl sites for hydroxylation is 1. The number of aromatic nitrogens is 1. The molecule has 6 nitrogen and oxygen atoms in total. The summed E-state index contributed by atoms with van der Waals surface area (Å²) in [6.45, 7) is 18.7. The lowest BCUT2D eigenvalue weighted by Crippen LogP contribution is -2.60. The molecule has 0 amide bonds. The van der Waals surface area contributed by atoms with Gasteiger partial charge in [0.25, 0.3) is 6.47 Å². The van der Waals surface area contributed by atoms with E-state index in [0.29, 0.717) is 17.6 Å². The molecule has 4 saturated carbocycles. The first-order chi connectivity index (χ1) is 19.8. The van der Waals surface area contributed by atoms with E-state index in [4.69, 9.17) is 14.9 Å². The van der Waals surface area contributed by atoms with Gasteiger partial charge in [-0.05, 0) is 114 Å². The number of allylic oxidation sites excluding steroid dienone is 4. The summed E-state index contributed by atoms with van der Waals surface area (Å²) < 4.78 is 6.10. The molecule has 1 unspecified atom stereocenters. The molecule has 0 saturated heterocycles. The van der Waals surface area contributed by atoms with E-state index in [1.54, 1.807) is 11.3 Å². The molecule has 5 aliphatic carbocycles. The van der Waals surface area contributed by atoms with Crippen LogP contribution in [0.3, 0.4) is 0 Å². The lowest BCUT2D eigenvalue weighted by Gasteiger charge is -2.69. The predicted molar refractivity (Wildman–Crippen MR) is 173 cm³/mol. The molecule has 0 aliphatic heterocycles. The second-order valence-corrected chi connectivity index (χ2v) is 14.5. The fourth-order valence-electron chi connectivity index (χ4n) is 6.54. The number of rotatable bonds is 5. The van der Waals surface area contributed by atoms with Crippen molar-refractivity contribution < 1.29 is 24.5 Å². The highest BCUT2D eigenvalue weighted by Gasteiger charge is 2.66. The summed E-state index contributed by atoms with van der Waals surface area (Å²) in [5.74, 6) is 0.477. The number of carboxylic acid groups (broad SMARTS) is 1. The number of fused-ring (bicyclic) bond motifs is 1. The first kappa shape index (κ1) is 33.6. The molecule has 5 aliphatic rings. The van der Waals surface area contributed by atoms with Crippen LogP contribution in [0.1, 0.15) is 102 Å². The van der Waals surface area contributed by atoms with Crippen molar-refractivity contribution in [3.05, 3.63) is 59.3 Å². The van der Waals surface area contributed by atoms with Gasteiger partial charge in [-0.15, -0.1) is 11.3 Å². The molecule has 7 heteroatoms. The van der Waals surface area contributed by atoms with Crippen molar-refractivity contribution in [1.29, 1.82) is 0 Å². The molecule has 2 bridgehead atoms. The number of aliphatic hydroxyl groups is 1. The molecule has 1 atom stereocenters. The lowest BCUT2D eigenvalue weighted by molar-refractivity contribution is -0.181.